The van der Waals surface area contributed by atoms with Crippen LogP contribution in [0.5, 0.6) is 0 Å². The fraction of sp³-hybridized carbons (Fsp3) is 0.400. The van der Waals surface area contributed by atoms with E-state index in [-0.39, 0.29) is 17.6 Å². The lowest BCUT2D eigenvalue weighted by atomic mass is 10.0. The second kappa shape index (κ2) is 8.46. The van der Waals surface area contributed by atoms with Crippen LogP contribution in [-0.4, -0.2) is 78.8 Å². The molecule has 1 aromatic heterocycles. The molecule has 0 bridgehead atoms. The zero-order valence-electron chi connectivity index (χ0n) is 18.4. The average molecular weight is 452 g/mol. The lowest BCUT2D eigenvalue weighted by Gasteiger charge is -2.37. The number of sulfone groups is 1. The van der Waals surface area contributed by atoms with Gasteiger partial charge in [-0.05, 0) is 18.1 Å². The highest BCUT2D eigenvalue weighted by Gasteiger charge is 2.34. The van der Waals surface area contributed by atoms with Gasteiger partial charge in [0.25, 0.3) is 0 Å². The fourth-order valence-electron chi connectivity index (χ4n) is 5.24. The Morgan fingerprint density at radius 3 is 2.34 bits per heavy atom. The first-order chi connectivity index (χ1) is 15.4. The van der Waals surface area contributed by atoms with Crippen molar-refractivity contribution in [3.8, 4) is 11.3 Å². The number of nitrogens with zero attached hydrogens (tertiary/aromatic N) is 3. The number of carbonyl (C=O) groups is 1. The van der Waals surface area contributed by atoms with Crippen molar-refractivity contribution >= 4 is 26.5 Å². The highest BCUT2D eigenvalue weighted by Crippen LogP contribution is 2.33. The van der Waals surface area contributed by atoms with E-state index in [2.05, 4.69) is 32.6 Å². The molecule has 0 aliphatic carbocycles. The largest absolute Gasteiger partial charge is 0.343 e. The Labute approximate surface area is 189 Å². The summed E-state index contributed by atoms with van der Waals surface area (Å²) in [6, 6.07) is 18.3. The van der Waals surface area contributed by atoms with E-state index in [0.717, 1.165) is 60.3 Å². The van der Waals surface area contributed by atoms with Gasteiger partial charge < -0.3 is 4.57 Å². The van der Waals surface area contributed by atoms with Crippen molar-refractivity contribution in [2.45, 2.75) is 12.5 Å². The van der Waals surface area contributed by atoms with Crippen molar-refractivity contribution in [3.05, 3.63) is 60.2 Å². The Kier molecular flexibility index (Phi) is 5.65. The maximum atomic E-state index is 13.6. The molecular formula is C25H29N3O3S. The van der Waals surface area contributed by atoms with E-state index in [1.165, 1.54) is 0 Å². The monoisotopic (exact) mass is 451 g/mol. The number of aryl methyl sites for hydroxylation is 1. The molecule has 5 rings (SSSR count). The van der Waals surface area contributed by atoms with Crippen molar-refractivity contribution < 1.29 is 13.2 Å². The van der Waals surface area contributed by atoms with Gasteiger partial charge in [-0.2, -0.15) is 0 Å². The zero-order valence-corrected chi connectivity index (χ0v) is 19.2. The zero-order chi connectivity index (χ0) is 22.3. The summed E-state index contributed by atoms with van der Waals surface area (Å²) in [7, 11) is -0.851. The second-order valence-corrected chi connectivity index (χ2v) is 11.2. The van der Waals surface area contributed by atoms with Crippen LogP contribution in [-0.2, 0) is 16.9 Å². The number of aromatic nitrogens is 1. The van der Waals surface area contributed by atoms with Crippen LogP contribution in [0.25, 0.3) is 22.2 Å². The molecule has 0 spiro atoms. The van der Waals surface area contributed by atoms with E-state index in [4.69, 9.17) is 0 Å². The molecule has 0 amide bonds. The number of hydrogen-bond donors (Lipinski definition) is 0. The Balaban J connectivity index is 1.36. The first-order valence-corrected chi connectivity index (χ1v) is 13.1. The highest BCUT2D eigenvalue weighted by atomic mass is 32.2. The molecule has 168 valence electrons. The molecule has 3 heterocycles. The standard InChI is InChI=1S/C25H29N3O3S/c1-26-22-10-6-5-9-21(22)24(25(26)19-7-3-2-4-8-19)23(29)17-27-12-14-28(15-13-27)20-11-16-32(30,31)18-20/h2-10,20H,11-18H2,1H3/t20-/m0/s1. The number of rotatable bonds is 5. The number of ketones is 1. The van der Waals surface area contributed by atoms with Crippen LogP contribution < -0.4 is 0 Å². The third kappa shape index (κ3) is 4.00. The Bertz CT molecular complexity index is 1240. The van der Waals surface area contributed by atoms with Gasteiger partial charge in [0.05, 0.1) is 29.3 Å². The number of fused-ring (bicyclic) bond motifs is 1. The number of carbonyl (C=O) groups excluding carboxylic acids is 1. The average Bonchev–Trinajstić information content (AvgIpc) is 3.32. The third-order valence-electron chi connectivity index (χ3n) is 6.93. The Morgan fingerprint density at radius 2 is 1.66 bits per heavy atom. The molecule has 2 aliphatic rings. The summed E-state index contributed by atoms with van der Waals surface area (Å²) in [5, 5.41) is 0.994. The van der Waals surface area contributed by atoms with Gasteiger partial charge in [-0.25, -0.2) is 8.42 Å². The van der Waals surface area contributed by atoms with Gasteiger partial charge >= 0.3 is 0 Å². The second-order valence-electron chi connectivity index (χ2n) is 8.96. The van der Waals surface area contributed by atoms with Crippen molar-refractivity contribution in [1.82, 2.24) is 14.4 Å². The predicted molar refractivity (Wildman–Crippen MR) is 128 cm³/mol. The van der Waals surface area contributed by atoms with Crippen LogP contribution in [0.2, 0.25) is 0 Å². The summed E-state index contributed by atoms with van der Waals surface area (Å²) < 4.78 is 25.8. The number of para-hydroxylation sites is 1. The molecule has 7 heteroatoms. The molecule has 0 saturated carbocycles. The maximum absolute atomic E-state index is 13.6. The molecule has 0 radical (unpaired) electrons. The first kappa shape index (κ1) is 21.4. The summed E-state index contributed by atoms with van der Waals surface area (Å²) in [6.45, 7) is 3.58. The maximum Gasteiger partial charge on any atom is 0.179 e. The molecule has 2 fully saturated rings. The van der Waals surface area contributed by atoms with Gasteiger partial charge in [0.15, 0.2) is 15.6 Å². The third-order valence-corrected chi connectivity index (χ3v) is 8.68. The van der Waals surface area contributed by atoms with E-state index >= 15 is 0 Å². The van der Waals surface area contributed by atoms with Crippen LogP contribution in [0.4, 0.5) is 0 Å². The van der Waals surface area contributed by atoms with Gasteiger partial charge in [-0.1, -0.05) is 48.5 Å². The molecule has 3 aromatic rings. The molecule has 2 aromatic carbocycles. The lowest BCUT2D eigenvalue weighted by Crippen LogP contribution is -2.51. The molecule has 2 aliphatic heterocycles. The van der Waals surface area contributed by atoms with Crippen molar-refractivity contribution in [2.24, 2.45) is 7.05 Å². The number of piperazine rings is 1. The number of hydrogen-bond acceptors (Lipinski definition) is 5. The van der Waals surface area contributed by atoms with Crippen LogP contribution in [0, 0.1) is 0 Å². The highest BCUT2D eigenvalue weighted by molar-refractivity contribution is 7.91. The summed E-state index contributed by atoms with van der Waals surface area (Å²) in [6.07, 6.45) is 0.734. The molecule has 6 nitrogen and oxygen atoms in total. The van der Waals surface area contributed by atoms with E-state index < -0.39 is 9.84 Å². The molecular weight excluding hydrogens is 422 g/mol. The van der Waals surface area contributed by atoms with Crippen molar-refractivity contribution in [2.75, 3.05) is 44.2 Å². The minimum atomic E-state index is -2.87. The van der Waals surface area contributed by atoms with Crippen molar-refractivity contribution in [1.29, 1.82) is 0 Å². The fourth-order valence-corrected chi connectivity index (χ4v) is 7.00. The van der Waals surface area contributed by atoms with Crippen LogP contribution >= 0.6 is 0 Å². The van der Waals surface area contributed by atoms with Gasteiger partial charge in [0, 0.05) is 50.2 Å². The van der Waals surface area contributed by atoms with Crippen LogP contribution in [0.3, 0.4) is 0 Å². The van der Waals surface area contributed by atoms with E-state index in [1.54, 1.807) is 0 Å². The smallest absolute Gasteiger partial charge is 0.179 e. The predicted octanol–water partition coefficient (Wildman–Crippen LogP) is 2.83. The molecule has 32 heavy (non-hydrogen) atoms. The van der Waals surface area contributed by atoms with Gasteiger partial charge in [-0.3, -0.25) is 14.6 Å². The molecule has 0 unspecified atom stereocenters. The quantitative estimate of drug-likeness (QED) is 0.558. The van der Waals surface area contributed by atoms with Gasteiger partial charge in [0.1, 0.15) is 0 Å². The molecule has 0 N–H and O–H groups in total. The Hall–Kier alpha value is -2.48. The van der Waals surface area contributed by atoms with Crippen molar-refractivity contribution in [3.63, 3.8) is 0 Å². The SMILES string of the molecule is Cn1c(-c2ccccc2)c(C(=O)CN2CCN([C@H]3CCS(=O)(=O)C3)CC2)c2ccccc21. The minimum absolute atomic E-state index is 0.137. The molecule has 1 atom stereocenters. The minimum Gasteiger partial charge on any atom is -0.343 e. The van der Waals surface area contributed by atoms with Gasteiger partial charge in [0.2, 0.25) is 0 Å². The Morgan fingerprint density at radius 1 is 0.969 bits per heavy atom. The lowest BCUT2D eigenvalue weighted by molar-refractivity contribution is 0.0798. The normalized spacial score (nSPS) is 21.8. The summed E-state index contributed by atoms with van der Waals surface area (Å²) in [5.74, 6) is 0.722. The summed E-state index contributed by atoms with van der Waals surface area (Å²) in [4.78, 5) is 18.1. The number of Topliss-reactive ketones (excluding diaryl/α,β-unsaturated/α-hetero) is 1. The van der Waals surface area contributed by atoms with E-state index in [0.29, 0.717) is 12.3 Å². The van der Waals surface area contributed by atoms with E-state index in [1.807, 2.05) is 43.4 Å². The topological polar surface area (TPSA) is 62.6 Å². The first-order valence-electron chi connectivity index (χ1n) is 11.3. The molecule has 2 saturated heterocycles. The summed E-state index contributed by atoms with van der Waals surface area (Å²) in [5.41, 5.74) is 3.86. The van der Waals surface area contributed by atoms with Crippen LogP contribution in [0.1, 0.15) is 16.8 Å². The van der Waals surface area contributed by atoms with Crippen LogP contribution in [0.15, 0.2) is 54.6 Å². The summed E-state index contributed by atoms with van der Waals surface area (Å²) >= 11 is 0. The van der Waals surface area contributed by atoms with E-state index in [9.17, 15) is 13.2 Å². The van der Waals surface area contributed by atoms with Gasteiger partial charge in [-0.15, -0.1) is 0 Å². The number of benzene rings is 2.